The van der Waals surface area contributed by atoms with Crippen molar-refractivity contribution in [3.05, 3.63) is 34.9 Å². The fourth-order valence-electron chi connectivity index (χ4n) is 2.68. The summed E-state index contributed by atoms with van der Waals surface area (Å²) in [5, 5.41) is 7.18. The van der Waals surface area contributed by atoms with Gasteiger partial charge in [-0.2, -0.15) is 0 Å². The number of amides is 1. The highest BCUT2D eigenvalue weighted by atomic mass is 35.5. The molecule has 20 heavy (non-hydrogen) atoms. The summed E-state index contributed by atoms with van der Waals surface area (Å²) >= 11 is 6.27. The highest BCUT2D eigenvalue weighted by Gasteiger charge is 2.26. The maximum absolute atomic E-state index is 12.4. The Morgan fingerprint density at radius 3 is 2.75 bits per heavy atom. The molecular formula is C16H23ClN2O. The zero-order valence-corrected chi connectivity index (χ0v) is 12.9. The van der Waals surface area contributed by atoms with Crippen LogP contribution in [0.1, 0.15) is 38.3 Å². The minimum atomic E-state index is -0.0295. The molecule has 0 saturated carbocycles. The largest absolute Gasteiger partial charge is 0.349 e. The van der Waals surface area contributed by atoms with Gasteiger partial charge in [-0.15, -0.1) is 0 Å². The number of piperidine rings is 1. The first-order valence-corrected chi connectivity index (χ1v) is 7.73. The van der Waals surface area contributed by atoms with Crippen molar-refractivity contribution in [3.8, 4) is 0 Å². The van der Waals surface area contributed by atoms with Crippen LogP contribution in [0.5, 0.6) is 0 Å². The standard InChI is InChI=1S/C16H23ClN2O/c1-11(2)15(13-7-3-4-8-14(13)17)19-16(20)12-6-5-9-18-10-12/h3-4,7-8,11-12,15,18H,5-6,9-10H2,1-2H3,(H,19,20). The summed E-state index contributed by atoms with van der Waals surface area (Å²) in [6.07, 6.45) is 2.03. The summed E-state index contributed by atoms with van der Waals surface area (Å²) < 4.78 is 0. The third kappa shape index (κ3) is 3.74. The Hall–Kier alpha value is -1.06. The third-order valence-electron chi connectivity index (χ3n) is 3.87. The van der Waals surface area contributed by atoms with Gasteiger partial charge in [0.2, 0.25) is 5.91 Å². The van der Waals surface area contributed by atoms with Gasteiger partial charge in [-0.25, -0.2) is 0 Å². The van der Waals surface area contributed by atoms with Gasteiger partial charge in [-0.1, -0.05) is 43.6 Å². The number of benzene rings is 1. The Kier molecular flexibility index (Phi) is 5.44. The molecule has 0 bridgehead atoms. The quantitative estimate of drug-likeness (QED) is 0.896. The van der Waals surface area contributed by atoms with Gasteiger partial charge in [-0.05, 0) is 36.9 Å². The molecule has 1 aliphatic rings. The molecule has 4 heteroatoms. The molecule has 0 aliphatic carbocycles. The molecule has 1 aromatic carbocycles. The topological polar surface area (TPSA) is 41.1 Å². The predicted molar refractivity (Wildman–Crippen MR) is 82.8 cm³/mol. The van der Waals surface area contributed by atoms with E-state index in [0.29, 0.717) is 10.9 Å². The van der Waals surface area contributed by atoms with Crippen molar-refractivity contribution < 1.29 is 4.79 Å². The van der Waals surface area contributed by atoms with Gasteiger partial charge in [0.1, 0.15) is 0 Å². The van der Waals surface area contributed by atoms with Crippen LogP contribution in [0.4, 0.5) is 0 Å². The monoisotopic (exact) mass is 294 g/mol. The van der Waals surface area contributed by atoms with Gasteiger partial charge >= 0.3 is 0 Å². The molecule has 0 spiro atoms. The first-order chi connectivity index (χ1) is 9.59. The molecule has 2 unspecified atom stereocenters. The molecule has 0 radical (unpaired) electrons. The Morgan fingerprint density at radius 1 is 1.40 bits per heavy atom. The van der Waals surface area contributed by atoms with E-state index in [1.807, 2.05) is 24.3 Å². The van der Waals surface area contributed by atoms with E-state index in [1.165, 1.54) is 0 Å². The summed E-state index contributed by atoms with van der Waals surface area (Å²) in [6, 6.07) is 7.71. The van der Waals surface area contributed by atoms with E-state index < -0.39 is 0 Å². The zero-order chi connectivity index (χ0) is 14.5. The lowest BCUT2D eigenvalue weighted by Crippen LogP contribution is -2.42. The summed E-state index contributed by atoms with van der Waals surface area (Å²) in [5.74, 6) is 0.513. The highest BCUT2D eigenvalue weighted by Crippen LogP contribution is 2.28. The lowest BCUT2D eigenvalue weighted by molar-refractivity contribution is -0.126. The smallest absolute Gasteiger partial charge is 0.224 e. The van der Waals surface area contributed by atoms with Crippen molar-refractivity contribution in [2.75, 3.05) is 13.1 Å². The summed E-state index contributed by atoms with van der Waals surface area (Å²) in [7, 11) is 0. The minimum absolute atomic E-state index is 0.0295. The van der Waals surface area contributed by atoms with Crippen molar-refractivity contribution in [2.45, 2.75) is 32.7 Å². The number of carbonyl (C=O) groups excluding carboxylic acids is 1. The Morgan fingerprint density at radius 2 is 2.15 bits per heavy atom. The molecule has 1 saturated heterocycles. The number of rotatable bonds is 4. The van der Waals surface area contributed by atoms with Crippen molar-refractivity contribution in [2.24, 2.45) is 11.8 Å². The number of halogens is 1. The second-order valence-corrected chi connectivity index (χ2v) is 6.20. The fourth-order valence-corrected chi connectivity index (χ4v) is 2.93. The van der Waals surface area contributed by atoms with E-state index in [1.54, 1.807) is 0 Å². The first-order valence-electron chi connectivity index (χ1n) is 7.35. The molecule has 2 rings (SSSR count). The van der Waals surface area contributed by atoms with Crippen LogP contribution >= 0.6 is 11.6 Å². The van der Waals surface area contributed by atoms with Crippen LogP contribution in [0.25, 0.3) is 0 Å². The molecule has 1 amide bonds. The molecule has 3 nitrogen and oxygen atoms in total. The van der Waals surface area contributed by atoms with E-state index in [2.05, 4.69) is 24.5 Å². The average Bonchev–Trinajstić information content (AvgIpc) is 2.46. The average molecular weight is 295 g/mol. The first kappa shape index (κ1) is 15.3. The summed E-state index contributed by atoms with van der Waals surface area (Å²) in [4.78, 5) is 12.4. The van der Waals surface area contributed by atoms with E-state index in [9.17, 15) is 4.79 Å². The van der Waals surface area contributed by atoms with Crippen molar-refractivity contribution in [3.63, 3.8) is 0 Å². The molecule has 110 valence electrons. The Balaban J connectivity index is 2.10. The lowest BCUT2D eigenvalue weighted by Gasteiger charge is -2.28. The van der Waals surface area contributed by atoms with E-state index in [-0.39, 0.29) is 17.9 Å². The van der Waals surface area contributed by atoms with Gasteiger partial charge in [0.25, 0.3) is 0 Å². The predicted octanol–water partition coefficient (Wildman–Crippen LogP) is 3.15. The number of hydrogen-bond acceptors (Lipinski definition) is 2. The second kappa shape index (κ2) is 7.09. The number of hydrogen-bond donors (Lipinski definition) is 2. The SMILES string of the molecule is CC(C)C(NC(=O)C1CCCNC1)c1ccccc1Cl. The molecule has 2 N–H and O–H groups in total. The highest BCUT2D eigenvalue weighted by molar-refractivity contribution is 6.31. The van der Waals surface area contributed by atoms with Gasteiger partial charge < -0.3 is 10.6 Å². The fraction of sp³-hybridized carbons (Fsp3) is 0.562. The molecule has 1 aromatic rings. The van der Waals surface area contributed by atoms with E-state index in [4.69, 9.17) is 11.6 Å². The molecule has 1 heterocycles. The molecule has 0 aromatic heterocycles. The van der Waals surface area contributed by atoms with Crippen molar-refractivity contribution in [1.29, 1.82) is 0 Å². The van der Waals surface area contributed by atoms with E-state index in [0.717, 1.165) is 31.5 Å². The van der Waals surface area contributed by atoms with Crippen LogP contribution < -0.4 is 10.6 Å². The molecule has 1 fully saturated rings. The maximum atomic E-state index is 12.4. The van der Waals surface area contributed by atoms with E-state index >= 15 is 0 Å². The van der Waals surface area contributed by atoms with Gasteiger partial charge in [0.15, 0.2) is 0 Å². The Bertz CT molecular complexity index is 456. The maximum Gasteiger partial charge on any atom is 0.224 e. The van der Waals surface area contributed by atoms with Crippen LogP contribution in [-0.4, -0.2) is 19.0 Å². The molecular weight excluding hydrogens is 272 g/mol. The zero-order valence-electron chi connectivity index (χ0n) is 12.2. The van der Waals surface area contributed by atoms with Crippen LogP contribution in [0.3, 0.4) is 0 Å². The normalized spacial score (nSPS) is 20.7. The molecule has 1 aliphatic heterocycles. The lowest BCUT2D eigenvalue weighted by atomic mass is 9.93. The van der Waals surface area contributed by atoms with Crippen LogP contribution in [0.15, 0.2) is 24.3 Å². The van der Waals surface area contributed by atoms with Crippen LogP contribution in [0, 0.1) is 11.8 Å². The van der Waals surface area contributed by atoms with Gasteiger partial charge in [0, 0.05) is 11.6 Å². The van der Waals surface area contributed by atoms with Crippen molar-refractivity contribution in [1.82, 2.24) is 10.6 Å². The second-order valence-electron chi connectivity index (χ2n) is 5.80. The Labute approximate surface area is 126 Å². The van der Waals surface area contributed by atoms with Crippen LogP contribution in [0.2, 0.25) is 5.02 Å². The molecule has 2 atom stereocenters. The van der Waals surface area contributed by atoms with Gasteiger partial charge in [0.05, 0.1) is 12.0 Å². The third-order valence-corrected chi connectivity index (χ3v) is 4.22. The van der Waals surface area contributed by atoms with Crippen molar-refractivity contribution >= 4 is 17.5 Å². The summed E-state index contributed by atoms with van der Waals surface area (Å²) in [5.41, 5.74) is 1.00. The number of nitrogens with one attached hydrogen (secondary N) is 2. The minimum Gasteiger partial charge on any atom is -0.349 e. The summed E-state index contributed by atoms with van der Waals surface area (Å²) in [6.45, 7) is 6.00. The number of carbonyl (C=O) groups is 1. The van der Waals surface area contributed by atoms with Crippen LogP contribution in [-0.2, 0) is 4.79 Å². The van der Waals surface area contributed by atoms with Gasteiger partial charge in [-0.3, -0.25) is 4.79 Å².